The molecule has 3 aromatic rings. The second-order valence-electron chi connectivity index (χ2n) is 8.90. The van der Waals surface area contributed by atoms with Crippen LogP contribution in [0.15, 0.2) is 48.8 Å². The van der Waals surface area contributed by atoms with Crippen molar-refractivity contribution in [3.63, 3.8) is 0 Å². The fourth-order valence-corrected chi connectivity index (χ4v) is 4.54. The third-order valence-corrected chi connectivity index (χ3v) is 6.44. The van der Waals surface area contributed by atoms with Crippen molar-refractivity contribution in [1.82, 2.24) is 20.6 Å². The number of pyridine rings is 2. The number of hydrogen-bond acceptors (Lipinski definition) is 7. The first-order chi connectivity index (χ1) is 17.4. The first kappa shape index (κ1) is 25.3. The number of carbonyl (C=O) groups is 3. The molecule has 1 aliphatic carbocycles. The van der Waals surface area contributed by atoms with Gasteiger partial charge in [-0.05, 0) is 54.6 Å². The minimum Gasteiger partial charge on any atom is -0.423 e. The van der Waals surface area contributed by atoms with Gasteiger partial charge in [0.05, 0.1) is 11.7 Å². The number of amides is 3. The summed E-state index contributed by atoms with van der Waals surface area (Å²) in [6, 6.07) is 8.48. The third-order valence-electron chi connectivity index (χ3n) is 6.44. The molecular formula is C25H28BN5O5. The first-order valence-electron chi connectivity index (χ1n) is 11.9. The number of nitrogens with one attached hydrogen (secondary N) is 3. The molecule has 0 saturated heterocycles. The molecule has 1 aliphatic rings. The fourth-order valence-electron chi connectivity index (χ4n) is 4.54. The van der Waals surface area contributed by atoms with Gasteiger partial charge in [-0.15, -0.1) is 0 Å². The molecule has 36 heavy (non-hydrogen) atoms. The number of aromatic nitrogens is 2. The van der Waals surface area contributed by atoms with Crippen LogP contribution in [-0.2, 0) is 4.79 Å². The number of nitrogens with zero attached hydrogens (tertiary/aromatic N) is 2. The van der Waals surface area contributed by atoms with E-state index in [2.05, 4.69) is 25.9 Å². The Balaban J connectivity index is 1.57. The van der Waals surface area contributed by atoms with E-state index in [1.54, 1.807) is 30.6 Å². The highest BCUT2D eigenvalue weighted by molar-refractivity contribution is 6.58. The molecule has 0 spiro atoms. The monoisotopic (exact) mass is 489 g/mol. The van der Waals surface area contributed by atoms with E-state index in [-0.39, 0.29) is 34.2 Å². The topological polar surface area (TPSA) is 154 Å². The summed E-state index contributed by atoms with van der Waals surface area (Å²) in [5, 5.41) is 28.4. The highest BCUT2D eigenvalue weighted by Crippen LogP contribution is 2.27. The molecule has 0 aliphatic heterocycles. The van der Waals surface area contributed by atoms with E-state index in [0.717, 1.165) is 37.5 Å². The van der Waals surface area contributed by atoms with Gasteiger partial charge in [-0.1, -0.05) is 25.3 Å². The van der Waals surface area contributed by atoms with Crippen LogP contribution in [0.1, 0.15) is 53.0 Å². The van der Waals surface area contributed by atoms with E-state index in [0.29, 0.717) is 5.52 Å². The average molecular weight is 489 g/mol. The largest absolute Gasteiger partial charge is 0.488 e. The van der Waals surface area contributed by atoms with Crippen LogP contribution in [0.25, 0.3) is 10.9 Å². The lowest BCUT2D eigenvalue weighted by Gasteiger charge is -2.29. The summed E-state index contributed by atoms with van der Waals surface area (Å²) in [6.07, 6.45) is 7.95. The van der Waals surface area contributed by atoms with Gasteiger partial charge < -0.3 is 26.0 Å². The minimum absolute atomic E-state index is 0.0157. The normalized spacial score (nSPS) is 14.6. The molecule has 2 aromatic heterocycles. The van der Waals surface area contributed by atoms with Gasteiger partial charge in [0, 0.05) is 29.9 Å². The van der Waals surface area contributed by atoms with Crippen molar-refractivity contribution < 1.29 is 24.4 Å². The van der Waals surface area contributed by atoms with E-state index in [1.807, 2.05) is 0 Å². The molecule has 1 saturated carbocycles. The molecule has 1 aromatic carbocycles. The van der Waals surface area contributed by atoms with Crippen molar-refractivity contribution in [2.75, 3.05) is 12.4 Å². The first-order valence-corrected chi connectivity index (χ1v) is 11.9. The summed E-state index contributed by atoms with van der Waals surface area (Å²) in [5.41, 5.74) is 0.957. The molecule has 1 fully saturated rings. The van der Waals surface area contributed by atoms with Gasteiger partial charge in [-0.2, -0.15) is 0 Å². The smallest absolute Gasteiger partial charge is 0.423 e. The zero-order chi connectivity index (χ0) is 25.7. The lowest BCUT2D eigenvalue weighted by molar-refractivity contribution is -0.124. The highest BCUT2D eigenvalue weighted by atomic mass is 16.4. The van der Waals surface area contributed by atoms with Crippen LogP contribution in [0.5, 0.6) is 0 Å². The van der Waals surface area contributed by atoms with E-state index in [1.165, 1.54) is 25.2 Å². The Kier molecular flexibility index (Phi) is 7.92. The van der Waals surface area contributed by atoms with Gasteiger partial charge in [0.2, 0.25) is 5.91 Å². The molecule has 3 amide bonds. The van der Waals surface area contributed by atoms with Crippen LogP contribution < -0.4 is 21.4 Å². The SMILES string of the molecule is CNC(=O)[C@@H](NC(=O)c1cc(NC(=O)c2ccc3ccncc3n2)cc(B(O)O)c1)C1CCCCC1. The Hall–Kier alpha value is -3.83. The predicted molar refractivity (Wildman–Crippen MR) is 136 cm³/mol. The zero-order valence-electron chi connectivity index (χ0n) is 19.9. The Bertz CT molecular complexity index is 1280. The molecule has 186 valence electrons. The zero-order valence-corrected chi connectivity index (χ0v) is 19.9. The van der Waals surface area contributed by atoms with Crippen LogP contribution in [-0.4, -0.2) is 57.9 Å². The summed E-state index contributed by atoms with van der Waals surface area (Å²) in [5.74, 6) is -1.36. The number of hydrogen-bond donors (Lipinski definition) is 5. The van der Waals surface area contributed by atoms with Gasteiger partial charge in [0.25, 0.3) is 11.8 Å². The van der Waals surface area contributed by atoms with E-state index < -0.39 is 25.0 Å². The van der Waals surface area contributed by atoms with E-state index >= 15 is 0 Å². The molecule has 0 unspecified atom stereocenters. The Morgan fingerprint density at radius 2 is 1.81 bits per heavy atom. The maximum atomic E-state index is 13.2. The quantitative estimate of drug-likeness (QED) is 0.310. The average Bonchev–Trinajstić information content (AvgIpc) is 2.91. The van der Waals surface area contributed by atoms with Crippen molar-refractivity contribution in [2.45, 2.75) is 38.1 Å². The summed E-state index contributed by atoms with van der Waals surface area (Å²) >= 11 is 0. The molecule has 0 radical (unpaired) electrons. The van der Waals surface area contributed by atoms with Crippen LogP contribution in [0, 0.1) is 5.92 Å². The van der Waals surface area contributed by atoms with Crippen LogP contribution in [0.4, 0.5) is 5.69 Å². The van der Waals surface area contributed by atoms with Crippen LogP contribution in [0.3, 0.4) is 0 Å². The van der Waals surface area contributed by atoms with Crippen molar-refractivity contribution in [3.8, 4) is 0 Å². The van der Waals surface area contributed by atoms with Crippen molar-refractivity contribution in [3.05, 3.63) is 60.0 Å². The second kappa shape index (κ2) is 11.3. The number of anilines is 1. The number of rotatable bonds is 7. The molecule has 11 heteroatoms. The lowest BCUT2D eigenvalue weighted by atomic mass is 9.79. The number of carbonyl (C=O) groups excluding carboxylic acids is 3. The Morgan fingerprint density at radius 1 is 1.03 bits per heavy atom. The van der Waals surface area contributed by atoms with Gasteiger partial charge in [-0.3, -0.25) is 19.4 Å². The van der Waals surface area contributed by atoms with Crippen LogP contribution >= 0.6 is 0 Å². The molecule has 2 heterocycles. The van der Waals surface area contributed by atoms with Crippen molar-refractivity contribution >= 4 is 46.9 Å². The van der Waals surface area contributed by atoms with Crippen LogP contribution in [0.2, 0.25) is 0 Å². The molecule has 10 nitrogen and oxygen atoms in total. The van der Waals surface area contributed by atoms with E-state index in [4.69, 9.17) is 0 Å². The summed E-state index contributed by atoms with van der Waals surface area (Å²) in [4.78, 5) is 46.9. The minimum atomic E-state index is -1.87. The number of benzene rings is 1. The predicted octanol–water partition coefficient (Wildman–Crippen LogP) is 0.987. The van der Waals surface area contributed by atoms with Gasteiger partial charge in [-0.25, -0.2) is 4.98 Å². The van der Waals surface area contributed by atoms with Crippen molar-refractivity contribution in [1.29, 1.82) is 0 Å². The maximum absolute atomic E-state index is 13.2. The van der Waals surface area contributed by atoms with Crippen molar-refractivity contribution in [2.24, 2.45) is 5.92 Å². The Labute approximate surface area is 208 Å². The summed E-state index contributed by atoms with van der Waals surface area (Å²) < 4.78 is 0. The molecule has 5 N–H and O–H groups in total. The summed E-state index contributed by atoms with van der Waals surface area (Å²) in [7, 11) is -0.344. The molecular weight excluding hydrogens is 461 g/mol. The molecule has 0 bridgehead atoms. The number of likely N-dealkylation sites (N-methyl/N-ethyl adjacent to an activating group) is 1. The third kappa shape index (κ3) is 5.87. The molecule has 4 rings (SSSR count). The van der Waals surface area contributed by atoms with Gasteiger partial charge in [0.1, 0.15) is 11.7 Å². The maximum Gasteiger partial charge on any atom is 0.488 e. The molecule has 1 atom stereocenters. The van der Waals surface area contributed by atoms with Gasteiger partial charge >= 0.3 is 7.12 Å². The fraction of sp³-hybridized carbons (Fsp3) is 0.320. The Morgan fingerprint density at radius 3 is 2.53 bits per heavy atom. The standard InChI is InChI=1S/C25H28BN5O5/c1-27-25(34)22(16-5-3-2-4-6-16)31-23(32)17-11-18(26(35)36)13-19(12-17)29-24(33)20-8-7-15-9-10-28-14-21(15)30-20/h7-14,16,22,35-36H,2-6H2,1H3,(H,27,34)(H,29,33)(H,31,32)/t22-/m0/s1. The highest BCUT2D eigenvalue weighted by Gasteiger charge is 2.31. The van der Waals surface area contributed by atoms with Gasteiger partial charge in [0.15, 0.2) is 0 Å². The second-order valence-corrected chi connectivity index (χ2v) is 8.90. The number of fused-ring (bicyclic) bond motifs is 1. The summed E-state index contributed by atoms with van der Waals surface area (Å²) in [6.45, 7) is 0. The lowest BCUT2D eigenvalue weighted by Crippen LogP contribution is -2.50. The van der Waals surface area contributed by atoms with E-state index in [9.17, 15) is 24.4 Å².